The summed E-state index contributed by atoms with van der Waals surface area (Å²) in [6.45, 7) is 9.18. The number of para-hydroxylation sites is 1. The van der Waals surface area contributed by atoms with Gasteiger partial charge in [0.25, 0.3) is 0 Å². The third kappa shape index (κ3) is 6.77. The van der Waals surface area contributed by atoms with Crippen molar-refractivity contribution in [3.05, 3.63) is 69.7 Å². The molecule has 1 aliphatic heterocycles. The number of rotatable bonds is 7. The number of hydrogen-bond acceptors (Lipinski definition) is 5. The summed E-state index contributed by atoms with van der Waals surface area (Å²) in [7, 11) is 0. The van der Waals surface area contributed by atoms with Gasteiger partial charge in [0, 0.05) is 47.7 Å². The standard InChI is InChI=1S/C32H39ClN6O5/c1-31(2,3)44-30(43)37-32(4,5)28(41)35-25(16-19-18-34-23-9-7-6-8-22(19)23)27(40)38-14-12-21(13-15-38)39-26-11-10-20(33)17-24(26)36-29(39)42/h6-11,17-18,21,25,34H,12-16H2,1-5H3,(H,35,41)(H,36,42)(H,37,43)/t25-/m1/s1. The summed E-state index contributed by atoms with van der Waals surface area (Å²) < 4.78 is 7.08. The predicted molar refractivity (Wildman–Crippen MR) is 170 cm³/mol. The molecule has 0 saturated carbocycles. The van der Waals surface area contributed by atoms with Gasteiger partial charge in [-0.1, -0.05) is 29.8 Å². The normalized spacial score (nSPS) is 15.4. The number of alkyl carbamates (subject to hydrolysis) is 1. The van der Waals surface area contributed by atoms with Crippen LogP contribution in [0, 0.1) is 0 Å². The highest BCUT2D eigenvalue weighted by Gasteiger charge is 2.37. The summed E-state index contributed by atoms with van der Waals surface area (Å²) in [6, 6.07) is 12.1. The lowest BCUT2D eigenvalue weighted by Crippen LogP contribution is -2.60. The second-order valence-electron chi connectivity index (χ2n) is 12.9. The molecule has 0 radical (unpaired) electrons. The fraction of sp³-hybridized carbons (Fsp3) is 0.438. The van der Waals surface area contributed by atoms with Crippen LogP contribution < -0.4 is 16.3 Å². The summed E-state index contributed by atoms with van der Waals surface area (Å²) in [5, 5.41) is 7.04. The van der Waals surface area contributed by atoms with E-state index in [0.29, 0.717) is 36.5 Å². The van der Waals surface area contributed by atoms with E-state index in [2.05, 4.69) is 20.6 Å². The van der Waals surface area contributed by atoms with E-state index in [0.717, 1.165) is 22.0 Å². The van der Waals surface area contributed by atoms with E-state index in [1.165, 1.54) is 0 Å². The molecule has 44 heavy (non-hydrogen) atoms. The number of benzene rings is 2. The number of piperidine rings is 1. The maximum atomic E-state index is 14.0. The number of fused-ring (bicyclic) bond motifs is 2. The van der Waals surface area contributed by atoms with Gasteiger partial charge in [-0.2, -0.15) is 0 Å². The van der Waals surface area contributed by atoms with Gasteiger partial charge in [0.15, 0.2) is 0 Å². The van der Waals surface area contributed by atoms with E-state index in [1.807, 2.05) is 36.5 Å². The molecular weight excluding hydrogens is 584 g/mol. The van der Waals surface area contributed by atoms with Crippen molar-refractivity contribution in [2.45, 2.75) is 77.1 Å². The van der Waals surface area contributed by atoms with Crippen LogP contribution in [0.15, 0.2) is 53.5 Å². The highest BCUT2D eigenvalue weighted by Crippen LogP contribution is 2.27. The fourth-order valence-electron chi connectivity index (χ4n) is 5.71. The van der Waals surface area contributed by atoms with Crippen LogP contribution in [-0.2, 0) is 20.7 Å². The maximum Gasteiger partial charge on any atom is 0.408 e. The lowest BCUT2D eigenvalue weighted by molar-refractivity contribution is -0.138. The second kappa shape index (κ2) is 12.0. The van der Waals surface area contributed by atoms with Gasteiger partial charge >= 0.3 is 11.8 Å². The number of amides is 3. The lowest BCUT2D eigenvalue weighted by Gasteiger charge is -2.36. The molecule has 4 aromatic rings. The summed E-state index contributed by atoms with van der Waals surface area (Å²) in [6.07, 6.45) is 2.51. The van der Waals surface area contributed by atoms with Gasteiger partial charge in [-0.05, 0) is 77.3 Å². The number of carbonyl (C=O) groups is 3. The summed E-state index contributed by atoms with van der Waals surface area (Å²) in [5.74, 6) is -0.742. The monoisotopic (exact) mass is 622 g/mol. The van der Waals surface area contributed by atoms with Gasteiger partial charge in [0.1, 0.15) is 17.2 Å². The van der Waals surface area contributed by atoms with Crippen molar-refractivity contribution in [2.75, 3.05) is 13.1 Å². The zero-order valence-electron chi connectivity index (χ0n) is 25.6. The Bertz CT molecular complexity index is 1760. The number of likely N-dealkylation sites (tertiary alicyclic amines) is 1. The Morgan fingerprint density at radius 3 is 2.45 bits per heavy atom. The van der Waals surface area contributed by atoms with E-state index >= 15 is 0 Å². The lowest BCUT2D eigenvalue weighted by atomic mass is 9.98. The van der Waals surface area contributed by atoms with E-state index in [1.54, 1.807) is 56.2 Å². The van der Waals surface area contributed by atoms with Crippen LogP contribution >= 0.6 is 11.6 Å². The van der Waals surface area contributed by atoms with Gasteiger partial charge in [0.05, 0.1) is 11.0 Å². The highest BCUT2D eigenvalue weighted by atomic mass is 35.5. The number of H-pyrrole nitrogens is 2. The molecule has 2 aromatic carbocycles. The number of nitrogens with one attached hydrogen (secondary N) is 4. The zero-order valence-corrected chi connectivity index (χ0v) is 26.4. The highest BCUT2D eigenvalue weighted by molar-refractivity contribution is 6.31. The van der Waals surface area contributed by atoms with Crippen LogP contribution in [0.2, 0.25) is 5.02 Å². The summed E-state index contributed by atoms with van der Waals surface area (Å²) >= 11 is 6.11. The molecule has 11 nitrogen and oxygen atoms in total. The minimum Gasteiger partial charge on any atom is -0.444 e. The Balaban J connectivity index is 1.34. The number of aromatic amines is 2. The van der Waals surface area contributed by atoms with Crippen molar-refractivity contribution in [3.63, 3.8) is 0 Å². The summed E-state index contributed by atoms with van der Waals surface area (Å²) in [4.78, 5) is 60.7. The van der Waals surface area contributed by atoms with Crippen molar-refractivity contribution in [1.82, 2.24) is 30.1 Å². The first-order valence-electron chi connectivity index (χ1n) is 14.8. The Labute approximate surface area is 260 Å². The van der Waals surface area contributed by atoms with E-state index in [9.17, 15) is 19.2 Å². The molecule has 1 saturated heterocycles. The van der Waals surface area contributed by atoms with Crippen LogP contribution in [0.5, 0.6) is 0 Å². The van der Waals surface area contributed by atoms with Gasteiger partial charge < -0.3 is 30.2 Å². The first kappa shape index (κ1) is 31.2. The molecule has 2 aromatic heterocycles. The molecule has 0 unspecified atom stereocenters. The number of halogens is 1. The summed E-state index contributed by atoms with van der Waals surface area (Å²) in [5.41, 5.74) is 0.957. The number of ether oxygens (including phenoxy) is 1. The SMILES string of the molecule is CC(C)(C)OC(=O)NC(C)(C)C(=O)N[C@H](Cc1c[nH]c2ccccc12)C(=O)N1CCC(n2c(=O)[nH]c3cc(Cl)ccc32)CC1. The molecule has 0 aliphatic carbocycles. The van der Waals surface area contributed by atoms with Gasteiger partial charge in [0.2, 0.25) is 11.8 Å². The molecule has 1 atom stereocenters. The van der Waals surface area contributed by atoms with E-state index in [-0.39, 0.29) is 24.1 Å². The van der Waals surface area contributed by atoms with Crippen LogP contribution in [0.25, 0.3) is 21.9 Å². The average molecular weight is 623 g/mol. The number of hydrogen-bond donors (Lipinski definition) is 4. The van der Waals surface area contributed by atoms with Gasteiger partial charge in [-0.25, -0.2) is 9.59 Å². The third-order valence-electron chi connectivity index (χ3n) is 7.90. The number of imidazole rings is 1. The minimum absolute atomic E-state index is 0.0971. The van der Waals surface area contributed by atoms with E-state index in [4.69, 9.17) is 16.3 Å². The molecular formula is C32H39ClN6O5. The number of carbonyl (C=O) groups excluding carboxylic acids is 3. The molecule has 3 heterocycles. The molecule has 4 N–H and O–H groups in total. The molecule has 5 rings (SSSR count). The Hall–Kier alpha value is -4.25. The maximum absolute atomic E-state index is 14.0. The van der Waals surface area contributed by atoms with Crippen LogP contribution in [0.4, 0.5) is 4.79 Å². The Kier molecular flexibility index (Phi) is 8.53. The molecule has 3 amide bonds. The first-order chi connectivity index (χ1) is 20.7. The molecule has 0 spiro atoms. The average Bonchev–Trinajstić information content (AvgIpc) is 3.50. The van der Waals surface area contributed by atoms with Crippen LogP contribution in [0.3, 0.4) is 0 Å². The zero-order chi connectivity index (χ0) is 31.8. The quantitative estimate of drug-likeness (QED) is 0.237. The number of nitrogens with zero attached hydrogens (tertiary/aromatic N) is 2. The molecule has 0 bridgehead atoms. The van der Waals surface area contributed by atoms with Crippen molar-refractivity contribution in [1.29, 1.82) is 0 Å². The smallest absolute Gasteiger partial charge is 0.408 e. The van der Waals surface area contributed by atoms with Crippen LogP contribution in [-0.4, -0.2) is 67.6 Å². The predicted octanol–water partition coefficient (Wildman–Crippen LogP) is 4.66. The van der Waals surface area contributed by atoms with Gasteiger partial charge in [-0.3, -0.25) is 14.2 Å². The Morgan fingerprint density at radius 1 is 1.05 bits per heavy atom. The first-order valence-corrected chi connectivity index (χ1v) is 15.2. The number of aromatic nitrogens is 3. The molecule has 12 heteroatoms. The fourth-order valence-corrected chi connectivity index (χ4v) is 5.88. The largest absolute Gasteiger partial charge is 0.444 e. The van der Waals surface area contributed by atoms with Crippen molar-refractivity contribution in [3.8, 4) is 0 Å². The minimum atomic E-state index is -1.35. The van der Waals surface area contributed by atoms with Crippen LogP contribution in [0.1, 0.15) is 59.1 Å². The van der Waals surface area contributed by atoms with Gasteiger partial charge in [-0.15, -0.1) is 0 Å². The van der Waals surface area contributed by atoms with Crippen molar-refractivity contribution in [2.24, 2.45) is 0 Å². The van der Waals surface area contributed by atoms with Crippen molar-refractivity contribution < 1.29 is 19.1 Å². The molecule has 1 fully saturated rings. The Morgan fingerprint density at radius 2 is 1.75 bits per heavy atom. The third-order valence-corrected chi connectivity index (χ3v) is 8.14. The second-order valence-corrected chi connectivity index (χ2v) is 13.3. The molecule has 234 valence electrons. The van der Waals surface area contributed by atoms with Crippen molar-refractivity contribution >= 4 is 51.4 Å². The topological polar surface area (TPSA) is 141 Å². The van der Waals surface area contributed by atoms with E-state index < -0.39 is 29.2 Å². The molecule has 1 aliphatic rings.